The number of carbonyl (C=O) groups is 3. The Morgan fingerprint density at radius 1 is 0.778 bits per heavy atom. The first kappa shape index (κ1) is 27.6. The summed E-state index contributed by atoms with van der Waals surface area (Å²) in [6.07, 6.45) is 3.21. The predicted molar refractivity (Wildman–Crippen MR) is 147 cm³/mol. The lowest BCUT2D eigenvalue weighted by atomic mass is 10.0. The molecule has 7 nitrogen and oxygen atoms in total. The van der Waals surface area contributed by atoms with E-state index in [0.717, 1.165) is 36.0 Å². The van der Waals surface area contributed by atoms with Crippen LogP contribution in [-0.4, -0.2) is 28.1 Å². The standard InChI is InChI=1S/C17H14ClNO3.C10H11NO2.HI/c18-13-7-2-1-5-11(13)16(20)19-14-9-8-10-4-3-6-12(15(10)14)17(21)22;11-8-5-4-6-2-1-3-7(9(6)8)10(12)13;/h1-7,14H,8-9H2,(H,19,20)(H,21,22);1-3,8H,4-5,11H2,(H,12,13);1H/t14-;8-;/m00./s1. The lowest BCUT2D eigenvalue weighted by Crippen LogP contribution is -2.28. The van der Waals surface area contributed by atoms with Crippen molar-refractivity contribution in [2.45, 2.75) is 37.8 Å². The van der Waals surface area contributed by atoms with Crippen LogP contribution in [0, 0.1) is 0 Å². The molecule has 0 spiro atoms. The third kappa shape index (κ3) is 5.71. The molecule has 0 unspecified atom stereocenters. The van der Waals surface area contributed by atoms with Crippen molar-refractivity contribution in [3.05, 3.63) is 105 Å². The molecule has 5 N–H and O–H groups in total. The molecule has 188 valence electrons. The number of rotatable bonds is 4. The molecule has 2 aliphatic rings. The number of benzene rings is 3. The summed E-state index contributed by atoms with van der Waals surface area (Å²) in [5.41, 5.74) is 10.4. The zero-order valence-corrected chi connectivity index (χ0v) is 22.3. The molecule has 36 heavy (non-hydrogen) atoms. The maximum Gasteiger partial charge on any atom is 0.336 e. The van der Waals surface area contributed by atoms with Gasteiger partial charge in [0.25, 0.3) is 5.91 Å². The molecule has 0 radical (unpaired) electrons. The van der Waals surface area contributed by atoms with E-state index < -0.39 is 11.9 Å². The van der Waals surface area contributed by atoms with Gasteiger partial charge in [0.1, 0.15) is 0 Å². The van der Waals surface area contributed by atoms with Gasteiger partial charge in [-0.05, 0) is 72.2 Å². The first-order chi connectivity index (χ1) is 16.8. The third-order valence-electron chi connectivity index (χ3n) is 6.42. The van der Waals surface area contributed by atoms with Gasteiger partial charge in [0.05, 0.1) is 27.8 Å². The average Bonchev–Trinajstić information content (AvgIpc) is 3.43. The zero-order chi connectivity index (χ0) is 25.1. The highest BCUT2D eigenvalue weighted by Gasteiger charge is 2.29. The number of aromatic carboxylic acids is 2. The minimum atomic E-state index is -0.976. The Balaban J connectivity index is 0.000000221. The summed E-state index contributed by atoms with van der Waals surface area (Å²) in [6, 6.07) is 17.0. The van der Waals surface area contributed by atoms with E-state index >= 15 is 0 Å². The van der Waals surface area contributed by atoms with Crippen LogP contribution in [0.3, 0.4) is 0 Å². The molecule has 0 saturated heterocycles. The van der Waals surface area contributed by atoms with Gasteiger partial charge in [-0.25, -0.2) is 9.59 Å². The minimum absolute atomic E-state index is 0. The van der Waals surface area contributed by atoms with Crippen LogP contribution in [0.25, 0.3) is 0 Å². The number of halogens is 2. The number of carboxylic acids is 2. The van der Waals surface area contributed by atoms with Gasteiger partial charge in [0.2, 0.25) is 0 Å². The third-order valence-corrected chi connectivity index (χ3v) is 6.75. The summed E-state index contributed by atoms with van der Waals surface area (Å²) in [5.74, 6) is -2.14. The fourth-order valence-corrected chi connectivity index (χ4v) is 5.03. The van der Waals surface area contributed by atoms with Gasteiger partial charge in [0, 0.05) is 6.04 Å². The molecule has 0 heterocycles. The van der Waals surface area contributed by atoms with Crippen LogP contribution < -0.4 is 11.1 Å². The van der Waals surface area contributed by atoms with Gasteiger partial charge >= 0.3 is 11.9 Å². The SMILES string of the molecule is I.N[C@H]1CCc2cccc(C(=O)O)c21.O=C(N[C@H]1CCc2cccc(C(=O)O)c21)c1ccccc1Cl. The highest BCUT2D eigenvalue weighted by atomic mass is 127. The second kappa shape index (κ2) is 11.9. The lowest BCUT2D eigenvalue weighted by Gasteiger charge is -2.16. The maximum atomic E-state index is 12.4. The van der Waals surface area contributed by atoms with E-state index in [2.05, 4.69) is 5.32 Å². The van der Waals surface area contributed by atoms with Crippen molar-refractivity contribution in [3.8, 4) is 0 Å². The number of hydrogen-bond donors (Lipinski definition) is 4. The van der Waals surface area contributed by atoms with Crippen LogP contribution in [-0.2, 0) is 12.8 Å². The number of carbonyl (C=O) groups excluding carboxylic acids is 1. The Morgan fingerprint density at radius 2 is 1.31 bits per heavy atom. The molecule has 0 saturated carbocycles. The van der Waals surface area contributed by atoms with E-state index in [1.54, 1.807) is 48.5 Å². The number of amides is 1. The number of nitrogens with two attached hydrogens (primary N) is 1. The van der Waals surface area contributed by atoms with E-state index in [-0.39, 0.29) is 47.5 Å². The molecule has 2 aliphatic carbocycles. The first-order valence-corrected chi connectivity index (χ1v) is 11.7. The summed E-state index contributed by atoms with van der Waals surface area (Å²) in [6.45, 7) is 0. The highest BCUT2D eigenvalue weighted by molar-refractivity contribution is 14.0. The summed E-state index contributed by atoms with van der Waals surface area (Å²) < 4.78 is 0. The van der Waals surface area contributed by atoms with Crippen molar-refractivity contribution in [2.75, 3.05) is 0 Å². The Labute approximate surface area is 230 Å². The smallest absolute Gasteiger partial charge is 0.336 e. The van der Waals surface area contributed by atoms with Crippen LogP contribution in [0.15, 0.2) is 60.7 Å². The van der Waals surface area contributed by atoms with Crippen molar-refractivity contribution in [2.24, 2.45) is 5.73 Å². The maximum absolute atomic E-state index is 12.4. The monoisotopic (exact) mass is 620 g/mol. The Morgan fingerprint density at radius 3 is 1.92 bits per heavy atom. The highest BCUT2D eigenvalue weighted by Crippen LogP contribution is 2.34. The van der Waals surface area contributed by atoms with E-state index in [0.29, 0.717) is 28.1 Å². The van der Waals surface area contributed by atoms with Gasteiger partial charge in [-0.2, -0.15) is 0 Å². The van der Waals surface area contributed by atoms with Crippen molar-refractivity contribution in [3.63, 3.8) is 0 Å². The second-order valence-electron chi connectivity index (χ2n) is 8.56. The minimum Gasteiger partial charge on any atom is -0.478 e. The van der Waals surface area contributed by atoms with Crippen LogP contribution in [0.5, 0.6) is 0 Å². The largest absolute Gasteiger partial charge is 0.478 e. The molecule has 0 bridgehead atoms. The summed E-state index contributed by atoms with van der Waals surface area (Å²) >= 11 is 6.03. The van der Waals surface area contributed by atoms with Crippen molar-refractivity contribution in [1.82, 2.24) is 5.32 Å². The second-order valence-corrected chi connectivity index (χ2v) is 8.96. The predicted octanol–water partition coefficient (Wildman–Crippen LogP) is 5.40. The molecule has 2 atom stereocenters. The zero-order valence-electron chi connectivity index (χ0n) is 19.2. The lowest BCUT2D eigenvalue weighted by molar-refractivity contribution is 0.0684. The normalized spacial score (nSPS) is 17.1. The van der Waals surface area contributed by atoms with Gasteiger partial charge in [-0.3, -0.25) is 4.79 Å². The number of aryl methyl sites for hydroxylation is 2. The number of nitrogens with one attached hydrogen (secondary N) is 1. The molecule has 5 rings (SSSR count). The van der Waals surface area contributed by atoms with E-state index in [4.69, 9.17) is 22.4 Å². The summed E-state index contributed by atoms with van der Waals surface area (Å²) in [5, 5.41) is 21.5. The van der Waals surface area contributed by atoms with E-state index in [1.807, 2.05) is 12.1 Å². The molecular formula is C27H26ClIN2O5. The number of fused-ring (bicyclic) bond motifs is 2. The molecular weight excluding hydrogens is 595 g/mol. The molecule has 3 aromatic carbocycles. The van der Waals surface area contributed by atoms with Crippen LogP contribution in [0.2, 0.25) is 5.02 Å². The van der Waals surface area contributed by atoms with Crippen molar-refractivity contribution >= 4 is 53.4 Å². The quantitative estimate of drug-likeness (QED) is 0.289. The fraction of sp³-hybridized carbons (Fsp3) is 0.222. The van der Waals surface area contributed by atoms with Gasteiger partial charge in [0.15, 0.2) is 0 Å². The molecule has 0 fully saturated rings. The van der Waals surface area contributed by atoms with Crippen molar-refractivity contribution < 1.29 is 24.6 Å². The Kier molecular flexibility index (Phi) is 9.10. The number of carboxylic acid groups (broad SMARTS) is 2. The van der Waals surface area contributed by atoms with E-state index in [9.17, 15) is 19.5 Å². The fourth-order valence-electron chi connectivity index (χ4n) is 4.81. The Hall–Kier alpha value is -2.95. The number of hydrogen-bond acceptors (Lipinski definition) is 4. The van der Waals surface area contributed by atoms with Gasteiger partial charge in [-0.1, -0.05) is 48.0 Å². The molecule has 0 aromatic heterocycles. The topological polar surface area (TPSA) is 130 Å². The van der Waals surface area contributed by atoms with Gasteiger partial charge < -0.3 is 21.3 Å². The molecule has 9 heteroatoms. The molecule has 1 amide bonds. The summed E-state index contributed by atoms with van der Waals surface area (Å²) in [7, 11) is 0. The molecule has 0 aliphatic heterocycles. The van der Waals surface area contributed by atoms with E-state index in [1.165, 1.54) is 0 Å². The average molecular weight is 621 g/mol. The van der Waals surface area contributed by atoms with Crippen LogP contribution >= 0.6 is 35.6 Å². The first-order valence-electron chi connectivity index (χ1n) is 11.3. The van der Waals surface area contributed by atoms with Gasteiger partial charge in [-0.15, -0.1) is 24.0 Å². The molecule has 3 aromatic rings. The Bertz CT molecular complexity index is 1310. The van der Waals surface area contributed by atoms with Crippen LogP contribution in [0.4, 0.5) is 0 Å². The summed E-state index contributed by atoms with van der Waals surface area (Å²) in [4.78, 5) is 34.6. The van der Waals surface area contributed by atoms with Crippen molar-refractivity contribution in [1.29, 1.82) is 0 Å². The van der Waals surface area contributed by atoms with Crippen LogP contribution in [0.1, 0.15) is 78.3 Å².